The molecule has 1 atom stereocenters. The molecule has 1 unspecified atom stereocenters. The van der Waals surface area contributed by atoms with Crippen LogP contribution in [-0.2, 0) is 26.0 Å². The molecule has 37 heavy (non-hydrogen) atoms. The molecule has 200 valence electrons. The standard InChI is InChI=1S/C29H39N3O4S/c1-6-18-32-24(26(28(33)36-7-2)27(30-32)22-16-17-22)19-20-12-14-21(15-13-20)23-10-8-9-11-25(23)37(34,35)31-29(3,4)5/h8-15,22,24,30-31H,6-7,16-19H2,1-5H3. The highest BCUT2D eigenvalue weighted by Crippen LogP contribution is 2.41. The van der Waals surface area contributed by atoms with Gasteiger partial charge in [-0.05, 0) is 70.6 Å². The molecule has 0 amide bonds. The van der Waals surface area contributed by atoms with Gasteiger partial charge < -0.3 is 10.2 Å². The summed E-state index contributed by atoms with van der Waals surface area (Å²) in [5, 5.41) is 2.17. The summed E-state index contributed by atoms with van der Waals surface area (Å²) in [6.07, 6.45) is 3.81. The highest BCUT2D eigenvalue weighted by Gasteiger charge is 2.42. The Kier molecular flexibility index (Phi) is 8.11. The second-order valence-electron chi connectivity index (χ2n) is 10.9. The quantitative estimate of drug-likeness (QED) is 0.434. The number of benzene rings is 2. The zero-order valence-corrected chi connectivity index (χ0v) is 23.3. The van der Waals surface area contributed by atoms with Crippen LogP contribution in [-0.4, -0.2) is 44.1 Å². The van der Waals surface area contributed by atoms with Crippen LogP contribution in [0.4, 0.5) is 0 Å². The van der Waals surface area contributed by atoms with Gasteiger partial charge in [0.2, 0.25) is 10.0 Å². The van der Waals surface area contributed by atoms with Crippen molar-refractivity contribution in [3.63, 3.8) is 0 Å². The number of carbonyl (C=O) groups excluding carboxylic acids is 1. The summed E-state index contributed by atoms with van der Waals surface area (Å²) in [4.78, 5) is 13.3. The molecule has 1 heterocycles. The Bertz CT molecular complexity index is 1260. The number of hydrazine groups is 1. The summed E-state index contributed by atoms with van der Waals surface area (Å²) in [6, 6.07) is 14.9. The van der Waals surface area contributed by atoms with Gasteiger partial charge in [0, 0.05) is 29.3 Å². The summed E-state index contributed by atoms with van der Waals surface area (Å²) in [7, 11) is -3.69. The number of hydrogen-bond donors (Lipinski definition) is 2. The van der Waals surface area contributed by atoms with Gasteiger partial charge in [-0.25, -0.2) is 22.9 Å². The van der Waals surface area contributed by atoms with Crippen LogP contribution in [0.25, 0.3) is 11.1 Å². The number of ether oxygens (including phenoxy) is 1. The number of esters is 1. The van der Waals surface area contributed by atoms with E-state index in [-0.39, 0.29) is 16.9 Å². The minimum Gasteiger partial charge on any atom is -0.463 e. The molecule has 2 N–H and O–H groups in total. The Morgan fingerprint density at radius 3 is 2.35 bits per heavy atom. The summed E-state index contributed by atoms with van der Waals surface area (Å²) >= 11 is 0. The first-order valence-electron chi connectivity index (χ1n) is 13.2. The molecule has 1 saturated carbocycles. The Morgan fingerprint density at radius 1 is 1.08 bits per heavy atom. The molecule has 1 aliphatic heterocycles. The second-order valence-corrected chi connectivity index (χ2v) is 12.5. The second kappa shape index (κ2) is 11.0. The highest BCUT2D eigenvalue weighted by atomic mass is 32.2. The molecule has 2 aromatic carbocycles. The van der Waals surface area contributed by atoms with Crippen molar-refractivity contribution in [1.29, 1.82) is 0 Å². The van der Waals surface area contributed by atoms with Crippen LogP contribution in [0.3, 0.4) is 0 Å². The molecule has 1 fully saturated rings. The minimum atomic E-state index is -3.69. The van der Waals surface area contributed by atoms with Gasteiger partial charge in [0.1, 0.15) is 0 Å². The maximum atomic E-state index is 13.1. The van der Waals surface area contributed by atoms with Crippen LogP contribution >= 0.6 is 0 Å². The number of hydrogen-bond acceptors (Lipinski definition) is 6. The molecule has 1 aliphatic carbocycles. The van der Waals surface area contributed by atoms with Crippen LogP contribution in [0.2, 0.25) is 0 Å². The lowest BCUT2D eigenvalue weighted by Crippen LogP contribution is -2.42. The zero-order valence-electron chi connectivity index (χ0n) is 22.5. The van der Waals surface area contributed by atoms with Crippen molar-refractivity contribution < 1.29 is 17.9 Å². The fraction of sp³-hybridized carbons (Fsp3) is 0.483. The number of allylic oxidation sites excluding steroid dienone is 1. The number of sulfonamides is 1. The average Bonchev–Trinajstić information content (AvgIpc) is 3.62. The lowest BCUT2D eigenvalue weighted by molar-refractivity contribution is -0.139. The third-order valence-electron chi connectivity index (χ3n) is 6.52. The maximum Gasteiger partial charge on any atom is 0.337 e. The minimum absolute atomic E-state index is 0.107. The van der Waals surface area contributed by atoms with Crippen molar-refractivity contribution >= 4 is 16.0 Å². The highest BCUT2D eigenvalue weighted by molar-refractivity contribution is 7.89. The monoisotopic (exact) mass is 525 g/mol. The normalized spacial score (nSPS) is 18.7. The van der Waals surface area contributed by atoms with E-state index in [4.69, 9.17) is 4.74 Å². The van der Waals surface area contributed by atoms with E-state index in [2.05, 4.69) is 22.1 Å². The SMILES string of the molecule is CCCN1NC(C2CC2)=C(C(=O)OCC)C1Cc1ccc(-c2ccccc2S(=O)(=O)NC(C)(C)C)cc1. The van der Waals surface area contributed by atoms with Crippen molar-refractivity contribution in [1.82, 2.24) is 15.2 Å². The first kappa shape index (κ1) is 27.4. The van der Waals surface area contributed by atoms with Crippen LogP contribution < -0.4 is 10.1 Å². The summed E-state index contributed by atoms with van der Waals surface area (Å²) < 4.78 is 34.4. The average molecular weight is 526 g/mol. The fourth-order valence-electron chi connectivity index (χ4n) is 4.87. The van der Waals surface area contributed by atoms with Crippen LogP contribution in [0, 0.1) is 5.92 Å². The van der Waals surface area contributed by atoms with E-state index < -0.39 is 15.6 Å². The number of rotatable bonds is 10. The summed E-state index contributed by atoms with van der Waals surface area (Å²) in [6.45, 7) is 10.6. The van der Waals surface area contributed by atoms with E-state index in [9.17, 15) is 13.2 Å². The topological polar surface area (TPSA) is 87.7 Å². The van der Waals surface area contributed by atoms with Gasteiger partial charge in [0.05, 0.1) is 23.1 Å². The number of nitrogens with one attached hydrogen (secondary N) is 2. The lowest BCUT2D eigenvalue weighted by atomic mass is 9.95. The first-order valence-corrected chi connectivity index (χ1v) is 14.7. The number of nitrogens with zero attached hydrogens (tertiary/aromatic N) is 1. The third-order valence-corrected chi connectivity index (χ3v) is 8.34. The van der Waals surface area contributed by atoms with Crippen molar-refractivity contribution in [2.75, 3.05) is 13.2 Å². The third kappa shape index (κ3) is 6.43. The maximum absolute atomic E-state index is 13.1. The molecule has 2 aromatic rings. The van der Waals surface area contributed by atoms with Crippen LogP contribution in [0.5, 0.6) is 0 Å². The molecule has 0 bridgehead atoms. The van der Waals surface area contributed by atoms with Crippen molar-refractivity contribution in [2.24, 2.45) is 5.92 Å². The van der Waals surface area contributed by atoms with Crippen molar-refractivity contribution in [2.45, 2.75) is 76.8 Å². The van der Waals surface area contributed by atoms with E-state index in [0.717, 1.165) is 48.2 Å². The predicted octanol–water partition coefficient (Wildman–Crippen LogP) is 4.80. The largest absolute Gasteiger partial charge is 0.463 e. The number of carbonyl (C=O) groups is 1. The van der Waals surface area contributed by atoms with Gasteiger partial charge in [0.25, 0.3) is 0 Å². The molecule has 0 radical (unpaired) electrons. The predicted molar refractivity (Wildman–Crippen MR) is 146 cm³/mol. The molecule has 7 nitrogen and oxygen atoms in total. The lowest BCUT2D eigenvalue weighted by Gasteiger charge is -2.26. The van der Waals surface area contributed by atoms with Gasteiger partial charge >= 0.3 is 5.97 Å². The van der Waals surface area contributed by atoms with Crippen molar-refractivity contribution in [3.05, 3.63) is 65.4 Å². The molecule has 8 heteroatoms. The Hall–Kier alpha value is -2.68. The Balaban J connectivity index is 1.62. The smallest absolute Gasteiger partial charge is 0.337 e. The van der Waals surface area contributed by atoms with Gasteiger partial charge in [-0.2, -0.15) is 0 Å². The van der Waals surface area contributed by atoms with Gasteiger partial charge in [-0.1, -0.05) is 49.4 Å². The molecule has 0 aromatic heterocycles. The Morgan fingerprint density at radius 2 is 1.76 bits per heavy atom. The molecule has 2 aliphatic rings. The molecular formula is C29H39N3O4S. The van der Waals surface area contributed by atoms with Crippen LogP contribution in [0.15, 0.2) is 64.7 Å². The zero-order chi connectivity index (χ0) is 26.8. The molecule has 0 spiro atoms. The van der Waals surface area contributed by atoms with Gasteiger partial charge in [0.15, 0.2) is 0 Å². The van der Waals surface area contributed by atoms with E-state index in [1.165, 1.54) is 0 Å². The van der Waals surface area contributed by atoms with E-state index in [1.807, 2.05) is 64.1 Å². The van der Waals surface area contributed by atoms with E-state index in [1.54, 1.807) is 12.1 Å². The van der Waals surface area contributed by atoms with E-state index in [0.29, 0.717) is 24.5 Å². The summed E-state index contributed by atoms with van der Waals surface area (Å²) in [5.41, 5.74) is 7.29. The van der Waals surface area contributed by atoms with Crippen LogP contribution in [0.1, 0.15) is 59.4 Å². The van der Waals surface area contributed by atoms with Gasteiger partial charge in [-0.3, -0.25) is 0 Å². The first-order chi connectivity index (χ1) is 17.5. The van der Waals surface area contributed by atoms with E-state index >= 15 is 0 Å². The summed E-state index contributed by atoms with van der Waals surface area (Å²) in [5.74, 6) is 0.175. The van der Waals surface area contributed by atoms with Gasteiger partial charge in [-0.15, -0.1) is 0 Å². The van der Waals surface area contributed by atoms with Crippen molar-refractivity contribution in [3.8, 4) is 11.1 Å². The Labute approximate surface area is 221 Å². The molecule has 0 saturated heterocycles. The fourth-order valence-corrected chi connectivity index (χ4v) is 6.52. The molecular weight excluding hydrogens is 486 g/mol. The molecule has 4 rings (SSSR count).